The van der Waals surface area contributed by atoms with Crippen LogP contribution in [0, 0.1) is 0 Å². The fourth-order valence-corrected chi connectivity index (χ4v) is 4.13. The highest BCUT2D eigenvalue weighted by Gasteiger charge is 2.37. The Morgan fingerprint density at radius 2 is 2.38 bits per heavy atom. The maximum atomic E-state index is 11.4. The van der Waals surface area contributed by atoms with Gasteiger partial charge in [0.05, 0.1) is 18.1 Å². The molecule has 1 aliphatic rings. The first-order valence-electron chi connectivity index (χ1n) is 5.32. The highest BCUT2D eigenvalue weighted by atomic mass is 32.2. The molecule has 0 radical (unpaired) electrons. The van der Waals surface area contributed by atoms with Crippen LogP contribution in [0.1, 0.15) is 19.2 Å². The molecule has 90 valence electrons. The van der Waals surface area contributed by atoms with E-state index in [9.17, 15) is 8.42 Å². The largest absolute Gasteiger partial charge is 0.337 e. The average Bonchev–Trinajstić information content (AvgIpc) is 2.69. The van der Waals surface area contributed by atoms with Crippen molar-refractivity contribution in [2.75, 3.05) is 11.5 Å². The van der Waals surface area contributed by atoms with Crippen LogP contribution in [-0.4, -0.2) is 35.0 Å². The highest BCUT2D eigenvalue weighted by molar-refractivity contribution is 7.91. The minimum Gasteiger partial charge on any atom is -0.337 e. The summed E-state index contributed by atoms with van der Waals surface area (Å²) >= 11 is 0. The van der Waals surface area contributed by atoms with Crippen molar-refractivity contribution < 1.29 is 8.42 Å². The zero-order valence-corrected chi connectivity index (χ0v) is 10.4. The molecule has 1 aromatic heterocycles. The summed E-state index contributed by atoms with van der Waals surface area (Å²) in [6.07, 6.45) is 4.30. The van der Waals surface area contributed by atoms with Crippen LogP contribution in [-0.2, 0) is 23.4 Å². The summed E-state index contributed by atoms with van der Waals surface area (Å²) < 4.78 is 24.8. The minimum absolute atomic E-state index is 0.227. The van der Waals surface area contributed by atoms with Gasteiger partial charge in [0.1, 0.15) is 5.82 Å². The Morgan fingerprint density at radius 3 is 2.88 bits per heavy atom. The molecule has 1 saturated heterocycles. The monoisotopic (exact) mass is 243 g/mol. The Kier molecular flexibility index (Phi) is 2.79. The van der Waals surface area contributed by atoms with Crippen molar-refractivity contribution in [2.45, 2.75) is 25.4 Å². The lowest BCUT2D eigenvalue weighted by Crippen LogP contribution is -2.43. The fourth-order valence-electron chi connectivity index (χ4n) is 2.01. The van der Waals surface area contributed by atoms with E-state index >= 15 is 0 Å². The first-order chi connectivity index (χ1) is 7.40. The van der Waals surface area contributed by atoms with Crippen LogP contribution in [0.4, 0.5) is 0 Å². The predicted octanol–water partition coefficient (Wildman–Crippen LogP) is 0.0869. The second-order valence-corrected chi connectivity index (χ2v) is 6.89. The first kappa shape index (κ1) is 11.6. The number of hydrogen-bond donors (Lipinski definition) is 1. The lowest BCUT2D eigenvalue weighted by molar-refractivity contribution is 0.387. The Bertz CT molecular complexity index is 480. The summed E-state index contributed by atoms with van der Waals surface area (Å²) in [6.45, 7) is 2.57. The number of sulfone groups is 1. The van der Waals surface area contributed by atoms with Gasteiger partial charge >= 0.3 is 0 Å². The van der Waals surface area contributed by atoms with E-state index in [0.717, 1.165) is 5.82 Å². The number of imidazole rings is 1. The zero-order chi connectivity index (χ0) is 11.8. The molecule has 6 heteroatoms. The smallest absolute Gasteiger partial charge is 0.152 e. The van der Waals surface area contributed by atoms with Crippen molar-refractivity contribution in [3.05, 3.63) is 18.2 Å². The van der Waals surface area contributed by atoms with Crippen LogP contribution in [0.3, 0.4) is 0 Å². The van der Waals surface area contributed by atoms with Crippen molar-refractivity contribution in [2.24, 2.45) is 7.05 Å². The molecule has 0 amide bonds. The SMILES string of the molecule is Cn1ccnc1CNC1(C)CCS(=O)(=O)C1. The van der Waals surface area contributed by atoms with E-state index in [2.05, 4.69) is 10.3 Å². The van der Waals surface area contributed by atoms with Crippen LogP contribution < -0.4 is 5.32 Å². The van der Waals surface area contributed by atoms with Crippen molar-refractivity contribution in [1.82, 2.24) is 14.9 Å². The Labute approximate surface area is 95.8 Å². The first-order valence-corrected chi connectivity index (χ1v) is 7.14. The summed E-state index contributed by atoms with van der Waals surface area (Å²) in [7, 11) is -0.916. The van der Waals surface area contributed by atoms with Gasteiger partial charge in [-0.25, -0.2) is 13.4 Å². The Balaban J connectivity index is 1.99. The molecule has 0 aromatic carbocycles. The van der Waals surface area contributed by atoms with E-state index < -0.39 is 9.84 Å². The molecule has 0 bridgehead atoms. The van der Waals surface area contributed by atoms with Crippen LogP contribution in [0.2, 0.25) is 0 Å². The molecule has 16 heavy (non-hydrogen) atoms. The molecular weight excluding hydrogens is 226 g/mol. The lowest BCUT2D eigenvalue weighted by atomic mass is 10.0. The van der Waals surface area contributed by atoms with Gasteiger partial charge in [-0.2, -0.15) is 0 Å². The van der Waals surface area contributed by atoms with Crippen LogP contribution in [0.25, 0.3) is 0 Å². The van der Waals surface area contributed by atoms with Gasteiger partial charge in [-0.15, -0.1) is 0 Å². The lowest BCUT2D eigenvalue weighted by Gasteiger charge is -2.23. The third-order valence-electron chi connectivity index (χ3n) is 3.10. The minimum atomic E-state index is -2.84. The molecule has 0 aliphatic carbocycles. The zero-order valence-electron chi connectivity index (χ0n) is 9.60. The summed E-state index contributed by atoms with van der Waals surface area (Å²) in [6, 6.07) is 0. The second kappa shape index (κ2) is 3.85. The third-order valence-corrected chi connectivity index (χ3v) is 5.00. The van der Waals surface area contributed by atoms with E-state index in [4.69, 9.17) is 0 Å². The van der Waals surface area contributed by atoms with E-state index in [1.165, 1.54) is 0 Å². The van der Waals surface area contributed by atoms with Gasteiger partial charge < -0.3 is 9.88 Å². The third kappa shape index (κ3) is 2.44. The molecule has 2 heterocycles. The molecule has 1 aliphatic heterocycles. The summed E-state index contributed by atoms with van der Waals surface area (Å²) in [5, 5.41) is 3.29. The molecule has 1 atom stereocenters. The Hall–Kier alpha value is -0.880. The molecule has 2 rings (SSSR count). The topological polar surface area (TPSA) is 64.0 Å². The van der Waals surface area contributed by atoms with Crippen LogP contribution >= 0.6 is 0 Å². The van der Waals surface area contributed by atoms with Gasteiger partial charge in [-0.3, -0.25) is 0 Å². The molecule has 1 fully saturated rings. The second-order valence-electron chi connectivity index (χ2n) is 4.71. The van der Waals surface area contributed by atoms with Gasteiger partial charge in [0, 0.05) is 25.0 Å². The molecule has 0 saturated carbocycles. The van der Waals surface area contributed by atoms with Crippen LogP contribution in [0.15, 0.2) is 12.4 Å². The molecular formula is C10H17N3O2S. The maximum absolute atomic E-state index is 11.4. The van der Waals surface area contributed by atoms with Gasteiger partial charge in [0.25, 0.3) is 0 Å². The molecule has 5 nitrogen and oxygen atoms in total. The summed E-state index contributed by atoms with van der Waals surface area (Å²) in [5.41, 5.74) is -0.301. The number of aromatic nitrogens is 2. The highest BCUT2D eigenvalue weighted by Crippen LogP contribution is 2.22. The van der Waals surface area contributed by atoms with Gasteiger partial charge in [-0.1, -0.05) is 0 Å². The fraction of sp³-hybridized carbons (Fsp3) is 0.700. The summed E-state index contributed by atoms with van der Waals surface area (Å²) in [5.74, 6) is 1.44. The normalized spacial score (nSPS) is 28.4. The number of nitrogens with one attached hydrogen (secondary N) is 1. The number of aryl methyl sites for hydroxylation is 1. The van der Waals surface area contributed by atoms with E-state index in [1.54, 1.807) is 6.20 Å². The van der Waals surface area contributed by atoms with Crippen molar-refractivity contribution in [1.29, 1.82) is 0 Å². The molecule has 1 aromatic rings. The van der Waals surface area contributed by atoms with E-state index in [1.807, 2.05) is 24.7 Å². The molecule has 0 spiro atoms. The maximum Gasteiger partial charge on any atom is 0.152 e. The number of nitrogens with zero attached hydrogens (tertiary/aromatic N) is 2. The standard InChI is InChI=1S/C10H17N3O2S/c1-10(3-6-16(14,15)8-10)12-7-9-11-4-5-13(9)2/h4-5,12H,3,6-8H2,1-2H3. The Morgan fingerprint density at radius 1 is 1.62 bits per heavy atom. The quantitative estimate of drug-likeness (QED) is 0.817. The molecule has 1 unspecified atom stereocenters. The summed E-state index contributed by atoms with van der Waals surface area (Å²) in [4.78, 5) is 4.20. The van der Waals surface area contributed by atoms with Crippen molar-refractivity contribution in [3.63, 3.8) is 0 Å². The van der Waals surface area contributed by atoms with Gasteiger partial charge in [0.2, 0.25) is 0 Å². The van der Waals surface area contributed by atoms with Crippen molar-refractivity contribution >= 4 is 9.84 Å². The van der Waals surface area contributed by atoms with Gasteiger partial charge in [0.15, 0.2) is 9.84 Å². The van der Waals surface area contributed by atoms with Crippen LogP contribution in [0.5, 0.6) is 0 Å². The molecule has 1 N–H and O–H groups in total. The van der Waals surface area contributed by atoms with E-state index in [-0.39, 0.29) is 17.0 Å². The number of rotatable bonds is 3. The predicted molar refractivity (Wildman–Crippen MR) is 61.7 cm³/mol. The average molecular weight is 243 g/mol. The van der Waals surface area contributed by atoms with Gasteiger partial charge in [-0.05, 0) is 13.3 Å². The van der Waals surface area contributed by atoms with Crippen molar-refractivity contribution in [3.8, 4) is 0 Å². The number of hydrogen-bond acceptors (Lipinski definition) is 4. The van der Waals surface area contributed by atoms with E-state index in [0.29, 0.717) is 13.0 Å².